The van der Waals surface area contributed by atoms with Gasteiger partial charge in [0, 0.05) is 22.8 Å². The van der Waals surface area contributed by atoms with E-state index in [0.29, 0.717) is 17.2 Å². The third kappa shape index (κ3) is 4.13. The van der Waals surface area contributed by atoms with E-state index in [4.69, 9.17) is 18.9 Å². The predicted molar refractivity (Wildman–Crippen MR) is 120 cm³/mol. The second-order valence-corrected chi connectivity index (χ2v) is 7.48. The van der Waals surface area contributed by atoms with E-state index < -0.39 is 0 Å². The van der Waals surface area contributed by atoms with Gasteiger partial charge in [0.25, 0.3) is 0 Å². The van der Waals surface area contributed by atoms with Gasteiger partial charge in [-0.15, -0.1) is 5.10 Å². The molecule has 1 aliphatic heterocycles. The lowest BCUT2D eigenvalue weighted by atomic mass is 9.85. The number of benzene rings is 2. The molecular weight excluding hydrogens is 380 g/mol. The van der Waals surface area contributed by atoms with Crippen molar-refractivity contribution in [3.05, 3.63) is 47.0 Å². The van der Waals surface area contributed by atoms with Gasteiger partial charge in [0.1, 0.15) is 5.71 Å². The molecule has 0 radical (unpaired) electrons. The molecule has 6 nitrogen and oxygen atoms in total. The fraction of sp³-hybridized carbons (Fsp3) is 0.417. The van der Waals surface area contributed by atoms with Crippen molar-refractivity contribution in [1.82, 2.24) is 0 Å². The summed E-state index contributed by atoms with van der Waals surface area (Å²) in [4.78, 5) is 0. The Hall–Kier alpha value is -3.02. The molecule has 0 aromatic heterocycles. The Morgan fingerprint density at radius 1 is 0.867 bits per heavy atom. The zero-order chi connectivity index (χ0) is 21.8. The Balaban J connectivity index is 2.24. The lowest BCUT2D eigenvalue weighted by Gasteiger charge is -2.21. The molecule has 0 fully saturated rings. The van der Waals surface area contributed by atoms with Crippen LogP contribution in [-0.4, -0.2) is 38.9 Å². The van der Waals surface area contributed by atoms with E-state index in [-0.39, 0.29) is 12.0 Å². The second kappa shape index (κ2) is 9.20. The molecule has 1 atom stereocenters. The van der Waals surface area contributed by atoms with E-state index >= 15 is 0 Å². The molecule has 0 aliphatic carbocycles. The van der Waals surface area contributed by atoms with Gasteiger partial charge in [0.05, 0.1) is 27.4 Å². The molecule has 0 amide bonds. The summed E-state index contributed by atoms with van der Waals surface area (Å²) in [5.74, 6) is 2.85. The van der Waals surface area contributed by atoms with E-state index in [1.165, 1.54) is 0 Å². The molecule has 1 unspecified atom stereocenters. The van der Waals surface area contributed by atoms with Gasteiger partial charge in [-0.05, 0) is 63.1 Å². The number of ether oxygens (including phenoxy) is 4. The molecule has 0 N–H and O–H groups in total. The topological polar surface area (TPSA) is 61.6 Å². The summed E-state index contributed by atoms with van der Waals surface area (Å²) >= 11 is 0. The van der Waals surface area contributed by atoms with Gasteiger partial charge in [-0.1, -0.05) is 6.92 Å². The van der Waals surface area contributed by atoms with Gasteiger partial charge < -0.3 is 18.9 Å². The SMILES string of the molecule is CCC1C(C)=NN=C(c2ccc(OC)c(OC)c2)c2cc(OC)c(OC(C)C)cc21. The minimum Gasteiger partial charge on any atom is -0.493 e. The molecule has 0 saturated heterocycles. The minimum absolute atomic E-state index is 0.0385. The normalized spacial score (nSPS) is 15.7. The average molecular weight is 411 g/mol. The quantitative estimate of drug-likeness (QED) is 0.628. The van der Waals surface area contributed by atoms with Crippen molar-refractivity contribution in [1.29, 1.82) is 0 Å². The molecule has 0 saturated carbocycles. The largest absolute Gasteiger partial charge is 0.493 e. The van der Waals surface area contributed by atoms with Crippen LogP contribution in [-0.2, 0) is 0 Å². The van der Waals surface area contributed by atoms with E-state index in [1.807, 2.05) is 45.0 Å². The van der Waals surface area contributed by atoms with Crippen molar-refractivity contribution in [2.75, 3.05) is 21.3 Å². The highest BCUT2D eigenvalue weighted by Crippen LogP contribution is 2.39. The zero-order valence-electron chi connectivity index (χ0n) is 18.8. The summed E-state index contributed by atoms with van der Waals surface area (Å²) in [5, 5.41) is 9.17. The van der Waals surface area contributed by atoms with Crippen LogP contribution in [0.5, 0.6) is 23.0 Å². The zero-order valence-corrected chi connectivity index (χ0v) is 18.8. The van der Waals surface area contributed by atoms with Gasteiger partial charge >= 0.3 is 0 Å². The van der Waals surface area contributed by atoms with Crippen LogP contribution in [0.2, 0.25) is 0 Å². The van der Waals surface area contributed by atoms with Crippen LogP contribution in [0.15, 0.2) is 40.5 Å². The predicted octanol–water partition coefficient (Wildman–Crippen LogP) is 5.22. The Kier molecular flexibility index (Phi) is 6.65. The van der Waals surface area contributed by atoms with Crippen molar-refractivity contribution in [3.8, 4) is 23.0 Å². The lowest BCUT2D eigenvalue weighted by Crippen LogP contribution is -2.14. The molecule has 1 aliphatic rings. The highest BCUT2D eigenvalue weighted by molar-refractivity contribution is 6.16. The summed E-state index contributed by atoms with van der Waals surface area (Å²) in [6.07, 6.45) is 0.946. The van der Waals surface area contributed by atoms with E-state index in [9.17, 15) is 0 Å². The van der Waals surface area contributed by atoms with Crippen molar-refractivity contribution >= 4 is 11.4 Å². The van der Waals surface area contributed by atoms with Crippen LogP contribution in [0.4, 0.5) is 0 Å². The van der Waals surface area contributed by atoms with Crippen LogP contribution in [0, 0.1) is 0 Å². The second-order valence-electron chi connectivity index (χ2n) is 7.48. The number of hydrogen-bond donors (Lipinski definition) is 0. The van der Waals surface area contributed by atoms with Gasteiger partial charge in [-0.25, -0.2) is 0 Å². The standard InChI is InChI=1S/C24H30N2O4/c1-8-17-15(4)25-26-24(16-9-10-20(27-5)21(11-16)28-6)19-13-22(29-7)23(12-18(17)19)30-14(2)3/h9-14,17H,8H2,1-7H3. The van der Waals surface area contributed by atoms with Crippen molar-refractivity contribution < 1.29 is 18.9 Å². The van der Waals surface area contributed by atoms with E-state index in [2.05, 4.69) is 23.2 Å². The van der Waals surface area contributed by atoms with Crippen LogP contribution >= 0.6 is 0 Å². The highest BCUT2D eigenvalue weighted by atomic mass is 16.5. The first-order chi connectivity index (χ1) is 14.4. The summed E-state index contributed by atoms with van der Waals surface area (Å²) in [6.45, 7) is 8.19. The molecule has 2 aromatic rings. The molecule has 6 heteroatoms. The maximum absolute atomic E-state index is 6.04. The van der Waals surface area contributed by atoms with Crippen LogP contribution < -0.4 is 18.9 Å². The third-order valence-corrected chi connectivity index (χ3v) is 5.21. The smallest absolute Gasteiger partial charge is 0.161 e. The summed E-state index contributed by atoms with van der Waals surface area (Å²) in [7, 11) is 4.90. The molecule has 1 heterocycles. The molecular formula is C24H30N2O4. The van der Waals surface area contributed by atoms with Crippen LogP contribution in [0.1, 0.15) is 56.7 Å². The van der Waals surface area contributed by atoms with Crippen molar-refractivity contribution in [2.45, 2.75) is 46.1 Å². The van der Waals surface area contributed by atoms with Gasteiger partial charge in [-0.3, -0.25) is 0 Å². The Labute approximate surface area is 178 Å². The first kappa shape index (κ1) is 21.7. The maximum atomic E-state index is 6.04. The molecule has 0 spiro atoms. The Morgan fingerprint density at radius 3 is 2.13 bits per heavy atom. The van der Waals surface area contributed by atoms with Gasteiger partial charge in [0.2, 0.25) is 0 Å². The third-order valence-electron chi connectivity index (χ3n) is 5.21. The molecule has 30 heavy (non-hydrogen) atoms. The number of hydrogen-bond acceptors (Lipinski definition) is 6. The fourth-order valence-corrected chi connectivity index (χ4v) is 3.76. The molecule has 0 bridgehead atoms. The summed E-state index contributed by atoms with van der Waals surface area (Å²) < 4.78 is 22.6. The monoisotopic (exact) mass is 410 g/mol. The number of methoxy groups -OCH3 is 3. The lowest BCUT2D eigenvalue weighted by molar-refractivity contribution is 0.230. The Morgan fingerprint density at radius 2 is 1.53 bits per heavy atom. The first-order valence-corrected chi connectivity index (χ1v) is 10.2. The Bertz CT molecular complexity index is 979. The van der Waals surface area contributed by atoms with E-state index in [1.54, 1.807) is 21.3 Å². The first-order valence-electron chi connectivity index (χ1n) is 10.2. The van der Waals surface area contributed by atoms with E-state index in [0.717, 1.165) is 40.3 Å². The van der Waals surface area contributed by atoms with Gasteiger partial charge in [0.15, 0.2) is 23.0 Å². The average Bonchev–Trinajstić information content (AvgIpc) is 2.87. The van der Waals surface area contributed by atoms with Crippen molar-refractivity contribution in [2.24, 2.45) is 10.2 Å². The van der Waals surface area contributed by atoms with Gasteiger partial charge in [-0.2, -0.15) is 5.10 Å². The number of nitrogens with zero attached hydrogens (tertiary/aromatic N) is 2. The maximum Gasteiger partial charge on any atom is 0.161 e. The van der Waals surface area contributed by atoms with Crippen LogP contribution in [0.3, 0.4) is 0 Å². The van der Waals surface area contributed by atoms with Crippen LogP contribution in [0.25, 0.3) is 0 Å². The number of fused-ring (bicyclic) bond motifs is 1. The number of rotatable bonds is 7. The highest BCUT2D eigenvalue weighted by Gasteiger charge is 2.26. The minimum atomic E-state index is 0.0385. The molecule has 160 valence electrons. The summed E-state index contributed by atoms with van der Waals surface area (Å²) in [6, 6.07) is 9.83. The van der Waals surface area contributed by atoms with Crippen molar-refractivity contribution in [3.63, 3.8) is 0 Å². The fourth-order valence-electron chi connectivity index (χ4n) is 3.76. The molecule has 2 aromatic carbocycles. The summed E-state index contributed by atoms with van der Waals surface area (Å²) in [5.41, 5.74) is 4.72. The molecule has 3 rings (SSSR count).